The van der Waals surface area contributed by atoms with E-state index in [0.717, 1.165) is 24.5 Å². The summed E-state index contributed by atoms with van der Waals surface area (Å²) in [5.41, 5.74) is 1.38. The van der Waals surface area contributed by atoms with E-state index in [9.17, 15) is 4.79 Å². The summed E-state index contributed by atoms with van der Waals surface area (Å²) in [6.07, 6.45) is 2.91. The summed E-state index contributed by atoms with van der Waals surface area (Å²) in [6, 6.07) is 10.6. The van der Waals surface area contributed by atoms with Crippen LogP contribution in [0, 0.1) is 0 Å². The molecule has 4 nitrogen and oxygen atoms in total. The summed E-state index contributed by atoms with van der Waals surface area (Å²) in [6.45, 7) is 3.08. The molecule has 1 aromatic carbocycles. The van der Waals surface area contributed by atoms with Crippen LogP contribution in [0.5, 0.6) is 0 Å². The van der Waals surface area contributed by atoms with Crippen LogP contribution in [0.25, 0.3) is 0 Å². The van der Waals surface area contributed by atoms with Crippen molar-refractivity contribution in [3.63, 3.8) is 0 Å². The molecule has 1 aromatic heterocycles. The van der Waals surface area contributed by atoms with Gasteiger partial charge in [-0.25, -0.2) is 4.98 Å². The number of rotatable bonds is 5. The van der Waals surface area contributed by atoms with Gasteiger partial charge < -0.3 is 4.90 Å². The lowest BCUT2D eigenvalue weighted by Gasteiger charge is -2.21. The lowest BCUT2D eigenvalue weighted by Crippen LogP contribution is -2.37. The van der Waals surface area contributed by atoms with Crippen molar-refractivity contribution in [2.45, 2.75) is 18.9 Å². The topological polar surface area (TPSA) is 36.4 Å². The van der Waals surface area contributed by atoms with Gasteiger partial charge in [0.05, 0.1) is 13.1 Å². The van der Waals surface area contributed by atoms with Crippen LogP contribution in [0.2, 0.25) is 0 Å². The van der Waals surface area contributed by atoms with Crippen LogP contribution >= 0.6 is 11.3 Å². The van der Waals surface area contributed by atoms with Crippen molar-refractivity contribution in [3.05, 3.63) is 52.5 Å². The van der Waals surface area contributed by atoms with Crippen LogP contribution in [0.4, 0.5) is 0 Å². The zero-order chi connectivity index (χ0) is 15.4. The highest BCUT2D eigenvalue weighted by atomic mass is 32.1. The molecule has 1 fully saturated rings. The summed E-state index contributed by atoms with van der Waals surface area (Å²) in [4.78, 5) is 20.6. The van der Waals surface area contributed by atoms with E-state index in [-0.39, 0.29) is 5.91 Å². The Labute approximate surface area is 135 Å². The van der Waals surface area contributed by atoms with E-state index < -0.39 is 0 Å². The van der Waals surface area contributed by atoms with Crippen molar-refractivity contribution >= 4 is 17.2 Å². The van der Waals surface area contributed by atoms with Crippen molar-refractivity contribution in [1.82, 2.24) is 14.8 Å². The molecule has 1 saturated heterocycles. The number of hydrogen-bond acceptors (Lipinski definition) is 4. The third-order valence-electron chi connectivity index (χ3n) is 4.18. The van der Waals surface area contributed by atoms with E-state index >= 15 is 0 Å². The van der Waals surface area contributed by atoms with Crippen LogP contribution in [-0.2, 0) is 11.3 Å². The van der Waals surface area contributed by atoms with Gasteiger partial charge in [-0.2, -0.15) is 0 Å². The molecule has 1 aliphatic heterocycles. The van der Waals surface area contributed by atoms with Crippen LogP contribution in [0.1, 0.15) is 22.9 Å². The first-order valence-corrected chi connectivity index (χ1v) is 8.50. The summed E-state index contributed by atoms with van der Waals surface area (Å²) in [5.74, 6) is 0.724. The third-order valence-corrected chi connectivity index (χ3v) is 4.95. The van der Waals surface area contributed by atoms with E-state index in [2.05, 4.69) is 34.1 Å². The van der Waals surface area contributed by atoms with Gasteiger partial charge in [-0.05, 0) is 24.4 Å². The van der Waals surface area contributed by atoms with E-state index in [1.165, 1.54) is 5.56 Å². The predicted molar refractivity (Wildman–Crippen MR) is 88.8 cm³/mol. The third kappa shape index (κ3) is 3.72. The number of aromatic nitrogens is 1. The van der Waals surface area contributed by atoms with Crippen molar-refractivity contribution in [2.24, 2.45) is 0 Å². The molecule has 0 radical (unpaired) electrons. The van der Waals surface area contributed by atoms with Crippen LogP contribution in [0.15, 0.2) is 41.9 Å². The lowest BCUT2D eigenvalue weighted by molar-refractivity contribution is -0.131. The van der Waals surface area contributed by atoms with Crippen molar-refractivity contribution < 1.29 is 4.79 Å². The smallest absolute Gasteiger partial charge is 0.236 e. The number of thiazole rings is 1. The first kappa shape index (κ1) is 15.2. The SMILES string of the molecule is CN(Cc1nccs1)C(=O)CN1CC[C@@H](c2ccccc2)C1. The molecule has 1 aliphatic rings. The fraction of sp³-hybridized carbons (Fsp3) is 0.412. The van der Waals surface area contributed by atoms with Gasteiger partial charge in [0.25, 0.3) is 0 Å². The highest BCUT2D eigenvalue weighted by Crippen LogP contribution is 2.26. The Hall–Kier alpha value is -1.72. The molecule has 0 N–H and O–H groups in total. The number of benzene rings is 1. The highest BCUT2D eigenvalue weighted by molar-refractivity contribution is 7.09. The van der Waals surface area contributed by atoms with Crippen LogP contribution in [-0.4, -0.2) is 47.4 Å². The van der Waals surface area contributed by atoms with Gasteiger partial charge in [0.2, 0.25) is 5.91 Å². The van der Waals surface area contributed by atoms with Crippen molar-refractivity contribution in [1.29, 1.82) is 0 Å². The van der Waals surface area contributed by atoms with Crippen LogP contribution in [0.3, 0.4) is 0 Å². The quantitative estimate of drug-likeness (QED) is 0.851. The molecule has 0 saturated carbocycles. The summed E-state index contributed by atoms with van der Waals surface area (Å²) in [7, 11) is 1.86. The molecular weight excluding hydrogens is 294 g/mol. The maximum atomic E-state index is 12.3. The van der Waals surface area contributed by atoms with Gasteiger partial charge in [0.15, 0.2) is 0 Å². The average molecular weight is 315 g/mol. The molecule has 0 bridgehead atoms. The first-order chi connectivity index (χ1) is 10.7. The maximum Gasteiger partial charge on any atom is 0.236 e. The second-order valence-electron chi connectivity index (χ2n) is 5.81. The van der Waals surface area contributed by atoms with E-state index in [4.69, 9.17) is 0 Å². The Bertz CT molecular complexity index is 600. The Morgan fingerprint density at radius 3 is 2.95 bits per heavy atom. The number of likely N-dealkylation sites (tertiary alicyclic amines) is 1. The predicted octanol–water partition coefficient (Wildman–Crippen LogP) is 2.59. The Morgan fingerprint density at radius 2 is 2.23 bits per heavy atom. The van der Waals surface area contributed by atoms with Gasteiger partial charge >= 0.3 is 0 Å². The zero-order valence-electron chi connectivity index (χ0n) is 12.8. The normalized spacial score (nSPS) is 18.5. The largest absolute Gasteiger partial charge is 0.338 e. The molecule has 22 heavy (non-hydrogen) atoms. The molecule has 1 amide bonds. The number of nitrogens with zero attached hydrogens (tertiary/aromatic N) is 3. The number of amides is 1. The Balaban J connectivity index is 1.50. The van der Waals surface area contributed by atoms with E-state index in [1.807, 2.05) is 18.5 Å². The molecular formula is C17H21N3OS. The molecule has 0 aliphatic carbocycles. The fourth-order valence-electron chi connectivity index (χ4n) is 2.91. The minimum Gasteiger partial charge on any atom is -0.338 e. The minimum atomic E-state index is 0.170. The summed E-state index contributed by atoms with van der Waals surface area (Å²) in [5, 5.41) is 2.93. The highest BCUT2D eigenvalue weighted by Gasteiger charge is 2.26. The van der Waals surface area contributed by atoms with E-state index in [0.29, 0.717) is 19.0 Å². The molecule has 3 rings (SSSR count). The first-order valence-electron chi connectivity index (χ1n) is 7.62. The molecule has 116 valence electrons. The van der Waals surface area contributed by atoms with Gasteiger partial charge in [-0.3, -0.25) is 9.69 Å². The van der Waals surface area contributed by atoms with Crippen molar-refractivity contribution in [3.8, 4) is 0 Å². The van der Waals surface area contributed by atoms with E-state index in [1.54, 1.807) is 22.4 Å². The number of carbonyl (C=O) groups is 1. The standard InChI is InChI=1S/C17H21N3OS/c1-19(12-16-18-8-10-22-16)17(21)13-20-9-7-15(11-20)14-5-3-2-4-6-14/h2-6,8,10,15H,7,9,11-13H2,1H3/t15-/m1/s1. The Kier molecular flexibility index (Phi) is 4.85. The zero-order valence-corrected chi connectivity index (χ0v) is 13.6. The van der Waals surface area contributed by atoms with Crippen LogP contribution < -0.4 is 0 Å². The molecule has 0 spiro atoms. The molecule has 2 heterocycles. The lowest BCUT2D eigenvalue weighted by atomic mass is 9.99. The summed E-state index contributed by atoms with van der Waals surface area (Å²) < 4.78 is 0. The monoisotopic (exact) mass is 315 g/mol. The molecule has 0 unspecified atom stereocenters. The number of carbonyl (C=O) groups excluding carboxylic acids is 1. The molecule has 1 atom stereocenters. The summed E-state index contributed by atoms with van der Waals surface area (Å²) >= 11 is 1.59. The second-order valence-corrected chi connectivity index (χ2v) is 6.79. The van der Waals surface area contributed by atoms with Gasteiger partial charge in [-0.1, -0.05) is 30.3 Å². The maximum absolute atomic E-state index is 12.3. The fourth-order valence-corrected chi connectivity index (χ4v) is 3.58. The van der Waals surface area contributed by atoms with Gasteiger partial charge in [0.1, 0.15) is 5.01 Å². The average Bonchev–Trinajstić information content (AvgIpc) is 3.20. The second kappa shape index (κ2) is 7.03. The molecule has 2 aromatic rings. The minimum absolute atomic E-state index is 0.170. The van der Waals surface area contributed by atoms with Gasteiger partial charge in [-0.15, -0.1) is 11.3 Å². The number of likely N-dealkylation sites (N-methyl/N-ethyl adjacent to an activating group) is 1. The van der Waals surface area contributed by atoms with Gasteiger partial charge in [0, 0.05) is 25.2 Å². The van der Waals surface area contributed by atoms with Crippen molar-refractivity contribution in [2.75, 3.05) is 26.7 Å². The molecule has 5 heteroatoms. The number of hydrogen-bond donors (Lipinski definition) is 0. The Morgan fingerprint density at radius 1 is 1.41 bits per heavy atom.